The molecule has 194 valence electrons. The Bertz CT molecular complexity index is 1520. The van der Waals surface area contributed by atoms with Crippen molar-refractivity contribution in [2.75, 3.05) is 33.3 Å². The van der Waals surface area contributed by atoms with Gasteiger partial charge in [0.25, 0.3) is 5.78 Å². The maximum atomic E-state index is 13.5. The molecular weight excluding hydrogens is 492 g/mol. The summed E-state index contributed by atoms with van der Waals surface area (Å²) in [6.45, 7) is 0. The van der Waals surface area contributed by atoms with Crippen molar-refractivity contribution in [3.05, 3.63) is 71.6 Å². The van der Waals surface area contributed by atoms with Crippen LogP contribution in [0.25, 0.3) is 16.8 Å². The van der Waals surface area contributed by atoms with Crippen LogP contribution in [0.4, 0.5) is 5.95 Å². The number of fused-ring (bicyclic) bond motifs is 1. The van der Waals surface area contributed by atoms with Gasteiger partial charge in [-0.3, -0.25) is 19.5 Å². The van der Waals surface area contributed by atoms with Crippen LogP contribution in [0.5, 0.6) is 23.0 Å². The molecule has 1 unspecified atom stereocenters. The number of anilines is 1. The van der Waals surface area contributed by atoms with Gasteiger partial charge in [-0.1, -0.05) is 12.1 Å². The minimum atomic E-state index is -1.05. The maximum absolute atomic E-state index is 13.5. The number of hydrogen-bond acceptors (Lipinski definition) is 9. The monoisotopic (exact) mass is 516 g/mol. The highest BCUT2D eigenvalue weighted by Crippen LogP contribution is 2.45. The summed E-state index contributed by atoms with van der Waals surface area (Å²) >= 11 is 0. The van der Waals surface area contributed by atoms with Gasteiger partial charge >= 0.3 is 5.91 Å². The zero-order valence-corrected chi connectivity index (χ0v) is 21.0. The van der Waals surface area contributed by atoms with Gasteiger partial charge in [0.1, 0.15) is 22.8 Å². The van der Waals surface area contributed by atoms with Crippen molar-refractivity contribution in [2.24, 2.45) is 0 Å². The molecule has 1 amide bonds. The van der Waals surface area contributed by atoms with Crippen molar-refractivity contribution in [2.45, 2.75) is 6.04 Å². The van der Waals surface area contributed by atoms with E-state index in [4.69, 9.17) is 18.9 Å². The van der Waals surface area contributed by atoms with E-state index in [9.17, 15) is 14.7 Å². The zero-order chi connectivity index (χ0) is 27.0. The highest BCUT2D eigenvalue weighted by Gasteiger charge is 2.49. The number of aliphatic hydroxyl groups excluding tert-OH is 1. The second-order valence-corrected chi connectivity index (χ2v) is 8.28. The first kappa shape index (κ1) is 24.6. The first-order valence-corrected chi connectivity index (χ1v) is 11.5. The summed E-state index contributed by atoms with van der Waals surface area (Å²) in [4.78, 5) is 40.0. The van der Waals surface area contributed by atoms with Gasteiger partial charge < -0.3 is 29.0 Å². The Morgan fingerprint density at radius 1 is 0.921 bits per heavy atom. The third kappa shape index (κ3) is 3.84. The zero-order valence-electron chi connectivity index (χ0n) is 21.0. The number of ether oxygens (including phenoxy) is 4. The van der Waals surface area contributed by atoms with Gasteiger partial charge in [0.15, 0.2) is 11.5 Å². The lowest BCUT2D eigenvalue weighted by molar-refractivity contribution is -0.132. The fourth-order valence-corrected chi connectivity index (χ4v) is 4.56. The number of pyridine rings is 1. The van der Waals surface area contributed by atoms with E-state index < -0.39 is 23.5 Å². The summed E-state index contributed by atoms with van der Waals surface area (Å²) < 4.78 is 21.6. The number of methoxy groups -OCH3 is 4. The molecule has 5 rings (SSSR count). The lowest BCUT2D eigenvalue weighted by atomic mass is 9.95. The van der Waals surface area contributed by atoms with Crippen LogP contribution in [0, 0.1) is 0 Å². The van der Waals surface area contributed by atoms with Crippen LogP contribution in [0.1, 0.15) is 17.2 Å². The molecule has 38 heavy (non-hydrogen) atoms. The lowest BCUT2D eigenvalue weighted by Crippen LogP contribution is -2.30. The molecule has 0 aliphatic carbocycles. The summed E-state index contributed by atoms with van der Waals surface area (Å²) in [5, 5.41) is 11.5. The summed E-state index contributed by atoms with van der Waals surface area (Å²) in [6, 6.07) is 10.6. The highest BCUT2D eigenvalue weighted by molar-refractivity contribution is 6.51. The van der Waals surface area contributed by atoms with Crippen molar-refractivity contribution in [1.29, 1.82) is 0 Å². The Hall–Kier alpha value is -5.06. The number of carbonyl (C=O) groups excluding carboxylic acids is 2. The van der Waals surface area contributed by atoms with Gasteiger partial charge in [-0.15, -0.1) is 0 Å². The fourth-order valence-electron chi connectivity index (χ4n) is 4.56. The van der Waals surface area contributed by atoms with Crippen molar-refractivity contribution in [3.8, 4) is 23.0 Å². The molecule has 0 spiro atoms. The third-order valence-corrected chi connectivity index (χ3v) is 6.31. The summed E-state index contributed by atoms with van der Waals surface area (Å²) in [7, 11) is 5.87. The maximum Gasteiger partial charge on any atom is 0.302 e. The number of H-pyrrole nitrogens is 1. The van der Waals surface area contributed by atoms with Gasteiger partial charge in [-0.25, -0.2) is 4.98 Å². The molecule has 1 aliphatic heterocycles. The van der Waals surface area contributed by atoms with Crippen LogP contribution in [0.3, 0.4) is 0 Å². The molecule has 0 saturated carbocycles. The number of rotatable bonds is 7. The first-order valence-electron chi connectivity index (χ1n) is 11.5. The van der Waals surface area contributed by atoms with E-state index >= 15 is 0 Å². The van der Waals surface area contributed by atoms with Crippen LogP contribution in [0.2, 0.25) is 0 Å². The molecule has 2 aromatic heterocycles. The van der Waals surface area contributed by atoms with Gasteiger partial charge in [-0.05, 0) is 23.8 Å². The van der Waals surface area contributed by atoms with Gasteiger partial charge in [0.05, 0.1) is 51.1 Å². The van der Waals surface area contributed by atoms with Gasteiger partial charge in [0, 0.05) is 24.5 Å². The van der Waals surface area contributed by atoms with Crippen molar-refractivity contribution in [1.82, 2.24) is 15.0 Å². The molecule has 1 aliphatic rings. The molecule has 2 aromatic carbocycles. The van der Waals surface area contributed by atoms with Gasteiger partial charge in [-0.2, -0.15) is 0 Å². The minimum Gasteiger partial charge on any atom is -0.506 e. The Kier molecular flexibility index (Phi) is 6.33. The topological polar surface area (TPSA) is 136 Å². The van der Waals surface area contributed by atoms with E-state index in [0.717, 1.165) is 0 Å². The van der Waals surface area contributed by atoms with Crippen molar-refractivity contribution >= 4 is 34.4 Å². The largest absolute Gasteiger partial charge is 0.506 e. The molecule has 0 radical (unpaired) electrons. The van der Waals surface area contributed by atoms with Crippen LogP contribution >= 0.6 is 0 Å². The van der Waals surface area contributed by atoms with E-state index in [1.165, 1.54) is 39.5 Å². The number of nitrogens with zero attached hydrogens (tertiary/aromatic N) is 3. The Balaban J connectivity index is 1.75. The quantitative estimate of drug-likeness (QED) is 0.214. The molecule has 4 aromatic rings. The molecule has 1 fully saturated rings. The van der Waals surface area contributed by atoms with Crippen LogP contribution in [0.15, 0.2) is 60.4 Å². The number of carbonyl (C=O) groups is 2. The smallest absolute Gasteiger partial charge is 0.302 e. The van der Waals surface area contributed by atoms with E-state index in [0.29, 0.717) is 28.1 Å². The molecule has 11 heteroatoms. The lowest BCUT2D eigenvalue weighted by Gasteiger charge is -2.23. The second kappa shape index (κ2) is 9.77. The number of benzene rings is 2. The number of amides is 1. The van der Waals surface area contributed by atoms with Crippen molar-refractivity contribution in [3.63, 3.8) is 0 Å². The van der Waals surface area contributed by atoms with Crippen LogP contribution in [-0.2, 0) is 9.59 Å². The average Bonchev–Trinajstić information content (AvgIpc) is 3.48. The summed E-state index contributed by atoms with van der Waals surface area (Å²) in [6.07, 6.45) is 3.09. The number of aromatic nitrogens is 3. The Morgan fingerprint density at radius 3 is 2.18 bits per heavy atom. The fraction of sp³-hybridized carbons (Fsp3) is 0.185. The summed E-state index contributed by atoms with van der Waals surface area (Å²) in [5.41, 5.74) is 1.49. The van der Waals surface area contributed by atoms with E-state index in [-0.39, 0.29) is 28.6 Å². The first-order chi connectivity index (χ1) is 18.4. The third-order valence-electron chi connectivity index (χ3n) is 6.31. The van der Waals surface area contributed by atoms with Gasteiger partial charge in [0.2, 0.25) is 5.95 Å². The molecule has 1 atom stereocenters. The molecule has 1 saturated heterocycles. The number of hydrogen-bond donors (Lipinski definition) is 2. The number of aliphatic hydroxyl groups is 1. The SMILES string of the molecule is COc1cc2nc(N3C(=O)C(=O)/C(=C(/O)c4c(OC)cccc4OC)C3c3cccnc3)[nH]c2cc1OC. The second-order valence-electron chi connectivity index (χ2n) is 8.28. The predicted molar refractivity (Wildman–Crippen MR) is 138 cm³/mol. The number of nitrogens with one attached hydrogen (secondary N) is 1. The van der Waals surface area contributed by atoms with Crippen LogP contribution < -0.4 is 23.8 Å². The summed E-state index contributed by atoms with van der Waals surface area (Å²) in [5.74, 6) is -0.698. The normalized spacial score (nSPS) is 16.6. The molecule has 2 N–H and O–H groups in total. The standard InChI is InChI=1S/C27H24N4O7/c1-35-17-8-5-9-18(36-2)21(17)24(32)22-23(14-7-6-10-28-13-14)31(26(34)25(22)33)27-29-15-11-19(37-3)20(38-4)12-16(15)30-27/h5-13,23,32H,1-4H3,(H,29,30)/b24-22+. The van der Waals surface area contributed by atoms with E-state index in [2.05, 4.69) is 15.0 Å². The average molecular weight is 517 g/mol. The number of aromatic amines is 1. The van der Waals surface area contributed by atoms with Crippen LogP contribution in [-0.4, -0.2) is 60.2 Å². The minimum absolute atomic E-state index is 0.0947. The molecule has 0 bridgehead atoms. The number of Topliss-reactive ketones (excluding diaryl/α,β-unsaturated/α-hetero) is 1. The number of imidazole rings is 1. The Morgan fingerprint density at radius 2 is 1.58 bits per heavy atom. The number of ketones is 1. The Labute approximate surface area is 217 Å². The predicted octanol–water partition coefficient (Wildman–Crippen LogP) is 3.62. The van der Waals surface area contributed by atoms with E-state index in [1.54, 1.807) is 48.7 Å². The molecule has 3 heterocycles. The molecular formula is C27H24N4O7. The van der Waals surface area contributed by atoms with E-state index in [1.807, 2.05) is 0 Å². The highest BCUT2D eigenvalue weighted by atomic mass is 16.5. The van der Waals surface area contributed by atoms with Crippen molar-refractivity contribution < 1.29 is 33.6 Å². The molecule has 11 nitrogen and oxygen atoms in total.